The van der Waals surface area contributed by atoms with Crippen LogP contribution in [-0.2, 0) is 6.54 Å². The molecule has 0 spiro atoms. The van der Waals surface area contributed by atoms with Crippen molar-refractivity contribution >= 4 is 17.0 Å². The first kappa shape index (κ1) is 18.0. The molecule has 0 saturated carbocycles. The minimum absolute atomic E-state index is 0.261. The molecule has 2 aromatic carbocycles. The minimum atomic E-state index is -0.261. The van der Waals surface area contributed by atoms with Gasteiger partial charge in [0.1, 0.15) is 5.82 Å². The van der Waals surface area contributed by atoms with E-state index in [4.69, 9.17) is 0 Å². The van der Waals surface area contributed by atoms with Crippen LogP contribution in [-0.4, -0.2) is 10.3 Å². The smallest absolute Gasteiger partial charge is 0.211 e. The Morgan fingerprint density at radius 1 is 1.15 bits per heavy atom. The quantitative estimate of drug-likeness (QED) is 0.339. The van der Waals surface area contributed by atoms with Gasteiger partial charge in [-0.2, -0.15) is 5.10 Å². The molecule has 0 atom stereocenters. The standard InChI is InChI=1S/C21H20FN3S/c1-4-13-25-20(18-7-5-15(2)6-8-18)14-26-21(25)24-23-16(3)17-9-11-19(22)12-10-17/h4-12,14H,1,13H2,2-3H3/b23-16-,24-21-. The van der Waals surface area contributed by atoms with Gasteiger partial charge in [0.05, 0.1) is 11.4 Å². The monoisotopic (exact) mass is 365 g/mol. The molecular weight excluding hydrogens is 345 g/mol. The molecule has 0 aliphatic heterocycles. The van der Waals surface area contributed by atoms with Crippen molar-refractivity contribution < 1.29 is 4.39 Å². The average molecular weight is 365 g/mol. The number of hydrogen-bond donors (Lipinski definition) is 0. The molecular formula is C21H20FN3S. The van der Waals surface area contributed by atoms with Gasteiger partial charge in [0.15, 0.2) is 0 Å². The van der Waals surface area contributed by atoms with Crippen LogP contribution in [0.15, 0.2) is 76.8 Å². The number of nitrogens with zero attached hydrogens (tertiary/aromatic N) is 3. The van der Waals surface area contributed by atoms with Crippen molar-refractivity contribution in [1.29, 1.82) is 0 Å². The van der Waals surface area contributed by atoms with Crippen molar-refractivity contribution in [1.82, 2.24) is 4.57 Å². The van der Waals surface area contributed by atoms with Crippen LogP contribution in [0.25, 0.3) is 11.3 Å². The normalized spacial score (nSPS) is 12.4. The van der Waals surface area contributed by atoms with Crippen LogP contribution in [0.3, 0.4) is 0 Å². The zero-order chi connectivity index (χ0) is 18.5. The van der Waals surface area contributed by atoms with Gasteiger partial charge in [-0.3, -0.25) is 0 Å². The summed E-state index contributed by atoms with van der Waals surface area (Å²) in [4.78, 5) is 0.793. The van der Waals surface area contributed by atoms with Gasteiger partial charge in [-0.25, -0.2) is 4.39 Å². The Kier molecular flexibility index (Phi) is 5.58. The fourth-order valence-electron chi connectivity index (χ4n) is 2.54. The molecule has 0 radical (unpaired) electrons. The zero-order valence-electron chi connectivity index (χ0n) is 14.8. The van der Waals surface area contributed by atoms with E-state index in [0.717, 1.165) is 27.3 Å². The first-order valence-electron chi connectivity index (χ1n) is 8.29. The summed E-state index contributed by atoms with van der Waals surface area (Å²) in [6.07, 6.45) is 1.85. The Hall–Kier alpha value is -2.79. The van der Waals surface area contributed by atoms with Crippen LogP contribution < -0.4 is 4.80 Å². The molecule has 3 nitrogen and oxygen atoms in total. The van der Waals surface area contributed by atoms with Crippen LogP contribution in [0.1, 0.15) is 18.1 Å². The zero-order valence-corrected chi connectivity index (χ0v) is 15.6. The van der Waals surface area contributed by atoms with Gasteiger partial charge >= 0.3 is 0 Å². The molecule has 0 bridgehead atoms. The fourth-order valence-corrected chi connectivity index (χ4v) is 3.41. The lowest BCUT2D eigenvalue weighted by Crippen LogP contribution is -2.15. The number of allylic oxidation sites excluding steroid dienone is 1. The van der Waals surface area contributed by atoms with E-state index in [1.54, 1.807) is 12.1 Å². The highest BCUT2D eigenvalue weighted by Gasteiger charge is 2.07. The highest BCUT2D eigenvalue weighted by atomic mass is 32.1. The van der Waals surface area contributed by atoms with Crippen LogP contribution in [0.4, 0.5) is 4.39 Å². The van der Waals surface area contributed by atoms with E-state index in [1.165, 1.54) is 29.0 Å². The van der Waals surface area contributed by atoms with E-state index in [0.29, 0.717) is 6.54 Å². The number of aryl methyl sites for hydroxylation is 1. The van der Waals surface area contributed by atoms with Gasteiger partial charge in [0, 0.05) is 11.9 Å². The first-order valence-corrected chi connectivity index (χ1v) is 9.17. The van der Waals surface area contributed by atoms with Gasteiger partial charge in [-0.05, 0) is 37.1 Å². The molecule has 5 heteroatoms. The van der Waals surface area contributed by atoms with Gasteiger partial charge in [0.2, 0.25) is 4.80 Å². The van der Waals surface area contributed by atoms with Crippen molar-refractivity contribution in [3.63, 3.8) is 0 Å². The summed E-state index contributed by atoms with van der Waals surface area (Å²) in [6, 6.07) is 14.7. The van der Waals surface area contributed by atoms with E-state index in [1.807, 2.05) is 13.0 Å². The van der Waals surface area contributed by atoms with E-state index >= 15 is 0 Å². The van der Waals surface area contributed by atoms with Gasteiger partial charge in [0.25, 0.3) is 0 Å². The number of thiazole rings is 1. The Bertz CT molecular complexity index is 993. The van der Waals surface area contributed by atoms with Crippen LogP contribution in [0, 0.1) is 12.7 Å². The summed E-state index contributed by atoms with van der Waals surface area (Å²) in [5.74, 6) is -0.261. The predicted molar refractivity (Wildman–Crippen MR) is 107 cm³/mol. The molecule has 0 fully saturated rings. The lowest BCUT2D eigenvalue weighted by molar-refractivity contribution is 0.628. The second-order valence-electron chi connectivity index (χ2n) is 5.96. The summed E-state index contributed by atoms with van der Waals surface area (Å²) >= 11 is 1.54. The van der Waals surface area contributed by atoms with E-state index < -0.39 is 0 Å². The molecule has 26 heavy (non-hydrogen) atoms. The molecule has 1 heterocycles. The van der Waals surface area contributed by atoms with Gasteiger partial charge in [-0.1, -0.05) is 48.0 Å². The number of hydrogen-bond acceptors (Lipinski definition) is 3. The Balaban J connectivity index is 2.00. The lowest BCUT2D eigenvalue weighted by atomic mass is 10.1. The molecule has 3 rings (SSSR count). The van der Waals surface area contributed by atoms with Crippen molar-refractivity contribution in [2.75, 3.05) is 0 Å². The van der Waals surface area contributed by atoms with E-state index in [2.05, 4.69) is 57.9 Å². The second kappa shape index (κ2) is 8.06. The largest absolute Gasteiger partial charge is 0.311 e. The third kappa shape index (κ3) is 4.06. The van der Waals surface area contributed by atoms with Crippen LogP contribution in [0.2, 0.25) is 0 Å². The molecule has 0 aliphatic carbocycles. The van der Waals surface area contributed by atoms with Crippen molar-refractivity contribution in [2.24, 2.45) is 10.2 Å². The first-order chi connectivity index (χ1) is 12.6. The summed E-state index contributed by atoms with van der Waals surface area (Å²) in [5.41, 5.74) is 5.03. The maximum atomic E-state index is 13.1. The lowest BCUT2D eigenvalue weighted by Gasteiger charge is -2.06. The average Bonchev–Trinajstić information content (AvgIpc) is 3.04. The van der Waals surface area contributed by atoms with E-state index in [-0.39, 0.29) is 5.82 Å². The van der Waals surface area contributed by atoms with Crippen molar-refractivity contribution in [3.8, 4) is 11.3 Å². The van der Waals surface area contributed by atoms with Crippen molar-refractivity contribution in [2.45, 2.75) is 20.4 Å². The highest BCUT2D eigenvalue weighted by molar-refractivity contribution is 7.07. The number of rotatable bonds is 5. The predicted octanol–water partition coefficient (Wildman–Crippen LogP) is 5.18. The van der Waals surface area contributed by atoms with Crippen LogP contribution in [0.5, 0.6) is 0 Å². The second-order valence-corrected chi connectivity index (χ2v) is 6.80. The SMILES string of the molecule is C=CCn1c(-c2ccc(C)cc2)cs/c1=N\N=C(\C)c1ccc(F)cc1. The molecule has 0 aliphatic rings. The molecule has 0 amide bonds. The third-order valence-electron chi connectivity index (χ3n) is 4.00. The Morgan fingerprint density at radius 3 is 2.50 bits per heavy atom. The van der Waals surface area contributed by atoms with E-state index in [9.17, 15) is 4.39 Å². The molecule has 0 unspecified atom stereocenters. The summed E-state index contributed by atoms with van der Waals surface area (Å²) in [5, 5.41) is 10.8. The molecule has 0 saturated heterocycles. The summed E-state index contributed by atoms with van der Waals surface area (Å²) in [6.45, 7) is 8.43. The van der Waals surface area contributed by atoms with Gasteiger partial charge in [-0.15, -0.1) is 23.0 Å². The topological polar surface area (TPSA) is 29.6 Å². The minimum Gasteiger partial charge on any atom is -0.311 e. The number of aromatic nitrogens is 1. The number of benzene rings is 2. The van der Waals surface area contributed by atoms with Crippen LogP contribution >= 0.6 is 11.3 Å². The third-order valence-corrected chi connectivity index (χ3v) is 4.86. The molecule has 132 valence electrons. The fraction of sp³-hybridized carbons (Fsp3) is 0.143. The molecule has 3 aromatic rings. The maximum absolute atomic E-state index is 13.1. The molecule has 0 N–H and O–H groups in total. The summed E-state index contributed by atoms with van der Waals surface area (Å²) < 4.78 is 15.1. The molecule has 1 aromatic heterocycles. The number of halogens is 1. The maximum Gasteiger partial charge on any atom is 0.211 e. The summed E-state index contributed by atoms with van der Waals surface area (Å²) in [7, 11) is 0. The highest BCUT2D eigenvalue weighted by Crippen LogP contribution is 2.20. The Morgan fingerprint density at radius 2 is 1.85 bits per heavy atom. The Labute approximate surface area is 156 Å². The van der Waals surface area contributed by atoms with Gasteiger partial charge < -0.3 is 4.57 Å². The van der Waals surface area contributed by atoms with Crippen molar-refractivity contribution in [3.05, 3.63) is 88.3 Å².